The summed E-state index contributed by atoms with van der Waals surface area (Å²) in [4.78, 5) is 24.9. The van der Waals surface area contributed by atoms with Crippen molar-refractivity contribution in [3.05, 3.63) is 11.6 Å². The van der Waals surface area contributed by atoms with E-state index in [0.29, 0.717) is 29.5 Å². The van der Waals surface area contributed by atoms with E-state index in [-0.39, 0.29) is 35.2 Å². The van der Waals surface area contributed by atoms with Gasteiger partial charge in [0.2, 0.25) is 0 Å². The summed E-state index contributed by atoms with van der Waals surface area (Å²) in [5.41, 5.74) is 1.25. The van der Waals surface area contributed by atoms with Crippen LogP contribution in [0.3, 0.4) is 0 Å². The van der Waals surface area contributed by atoms with Gasteiger partial charge in [-0.15, -0.1) is 0 Å². The Morgan fingerprint density at radius 3 is 2.47 bits per heavy atom. The SMILES string of the molecule is CC=C1C(=O)[C@@H]2[C@H](CC[C@]3(C)[C@@H]([C@H](C)CCC(=O)O)CC[C@@H]23)[C@@]2(C)CCC(O)C[C@@H]12. The first kappa shape index (κ1) is 22.0. The molecule has 0 saturated heterocycles. The molecule has 0 aromatic carbocycles. The zero-order chi connectivity index (χ0) is 21.8. The fourth-order valence-electron chi connectivity index (χ4n) is 8.72. The highest BCUT2D eigenvalue weighted by Gasteiger charge is 2.64. The molecule has 4 aliphatic rings. The Morgan fingerprint density at radius 2 is 1.80 bits per heavy atom. The van der Waals surface area contributed by atoms with E-state index in [4.69, 9.17) is 5.11 Å². The second-order valence-electron chi connectivity index (χ2n) is 11.5. The summed E-state index contributed by atoms with van der Waals surface area (Å²) in [7, 11) is 0. The Bertz CT molecular complexity index is 741. The number of carbonyl (C=O) groups is 2. The van der Waals surface area contributed by atoms with Crippen LogP contribution in [0.1, 0.15) is 85.5 Å². The number of aliphatic carboxylic acids is 1. The predicted molar refractivity (Wildman–Crippen MR) is 117 cm³/mol. The minimum absolute atomic E-state index is 0.114. The van der Waals surface area contributed by atoms with Gasteiger partial charge < -0.3 is 10.2 Å². The summed E-state index contributed by atoms with van der Waals surface area (Å²) in [6, 6.07) is 0. The summed E-state index contributed by atoms with van der Waals surface area (Å²) in [6.07, 6.45) is 9.86. The van der Waals surface area contributed by atoms with Crippen molar-refractivity contribution in [2.75, 3.05) is 0 Å². The largest absolute Gasteiger partial charge is 0.481 e. The molecule has 4 nitrogen and oxygen atoms in total. The zero-order valence-corrected chi connectivity index (χ0v) is 19.2. The first-order valence-electron chi connectivity index (χ1n) is 12.2. The number of hydrogen-bond donors (Lipinski definition) is 2. The number of aliphatic hydroxyl groups excluding tert-OH is 1. The molecule has 0 spiro atoms. The van der Waals surface area contributed by atoms with Crippen LogP contribution in [0.2, 0.25) is 0 Å². The van der Waals surface area contributed by atoms with Crippen molar-refractivity contribution in [1.82, 2.24) is 0 Å². The van der Waals surface area contributed by atoms with Crippen LogP contribution in [0.5, 0.6) is 0 Å². The summed E-state index contributed by atoms with van der Waals surface area (Å²) < 4.78 is 0. The maximum Gasteiger partial charge on any atom is 0.303 e. The molecule has 1 unspecified atom stereocenters. The van der Waals surface area contributed by atoms with E-state index in [2.05, 4.69) is 20.8 Å². The van der Waals surface area contributed by atoms with Crippen LogP contribution in [0.15, 0.2) is 11.6 Å². The fraction of sp³-hybridized carbons (Fsp3) is 0.846. The third-order valence-corrected chi connectivity index (χ3v) is 10.3. The number of Topliss-reactive ketones (excluding diaryl/α,β-unsaturated/α-hetero) is 1. The van der Waals surface area contributed by atoms with E-state index in [0.717, 1.165) is 56.9 Å². The number of allylic oxidation sites excluding steroid dienone is 2. The predicted octanol–water partition coefficient (Wildman–Crippen LogP) is 5.24. The number of fused-ring (bicyclic) bond motifs is 5. The lowest BCUT2D eigenvalue weighted by Crippen LogP contribution is -2.58. The van der Waals surface area contributed by atoms with Gasteiger partial charge >= 0.3 is 5.97 Å². The van der Waals surface area contributed by atoms with Crippen LogP contribution in [-0.2, 0) is 9.59 Å². The molecule has 0 heterocycles. The number of carboxylic acid groups (broad SMARTS) is 1. The molecule has 4 saturated carbocycles. The van der Waals surface area contributed by atoms with Crippen molar-refractivity contribution < 1.29 is 19.8 Å². The number of rotatable bonds is 4. The van der Waals surface area contributed by atoms with Crippen LogP contribution >= 0.6 is 0 Å². The van der Waals surface area contributed by atoms with Crippen molar-refractivity contribution in [2.45, 2.75) is 91.6 Å². The molecule has 0 bridgehead atoms. The second-order valence-corrected chi connectivity index (χ2v) is 11.5. The third-order valence-electron chi connectivity index (χ3n) is 10.3. The Labute approximate surface area is 181 Å². The van der Waals surface area contributed by atoms with Crippen LogP contribution in [0.4, 0.5) is 0 Å². The molecule has 0 aromatic heterocycles. The van der Waals surface area contributed by atoms with Gasteiger partial charge in [0.15, 0.2) is 5.78 Å². The highest BCUT2D eigenvalue weighted by molar-refractivity contribution is 5.99. The lowest BCUT2D eigenvalue weighted by Gasteiger charge is -2.61. The van der Waals surface area contributed by atoms with Crippen LogP contribution in [-0.4, -0.2) is 28.1 Å². The van der Waals surface area contributed by atoms with Crippen molar-refractivity contribution in [1.29, 1.82) is 0 Å². The molecule has 0 amide bonds. The Hall–Kier alpha value is -1.16. The molecule has 2 N–H and O–H groups in total. The Morgan fingerprint density at radius 1 is 1.13 bits per heavy atom. The molecule has 4 heteroatoms. The summed E-state index contributed by atoms with van der Waals surface area (Å²) in [6.45, 7) is 9.04. The van der Waals surface area contributed by atoms with Gasteiger partial charge in [-0.2, -0.15) is 0 Å². The van der Waals surface area contributed by atoms with Gasteiger partial charge in [-0.25, -0.2) is 0 Å². The topological polar surface area (TPSA) is 74.6 Å². The van der Waals surface area contributed by atoms with Crippen molar-refractivity contribution >= 4 is 11.8 Å². The van der Waals surface area contributed by atoms with Gasteiger partial charge in [-0.3, -0.25) is 9.59 Å². The maximum absolute atomic E-state index is 13.8. The van der Waals surface area contributed by atoms with Gasteiger partial charge in [0, 0.05) is 12.3 Å². The minimum atomic E-state index is -0.705. The average molecular weight is 417 g/mol. The monoisotopic (exact) mass is 416 g/mol. The first-order valence-corrected chi connectivity index (χ1v) is 12.2. The van der Waals surface area contributed by atoms with Gasteiger partial charge in [0.05, 0.1) is 6.10 Å². The second kappa shape index (κ2) is 7.76. The van der Waals surface area contributed by atoms with Gasteiger partial charge in [-0.05, 0) is 104 Å². The van der Waals surface area contributed by atoms with E-state index in [1.807, 2.05) is 13.0 Å². The van der Waals surface area contributed by atoms with Crippen molar-refractivity contribution in [3.63, 3.8) is 0 Å². The highest BCUT2D eigenvalue weighted by Crippen LogP contribution is 2.68. The number of ketones is 1. The minimum Gasteiger partial charge on any atom is -0.481 e. The fourth-order valence-corrected chi connectivity index (χ4v) is 8.72. The van der Waals surface area contributed by atoms with Crippen LogP contribution < -0.4 is 0 Å². The van der Waals surface area contributed by atoms with Gasteiger partial charge in [-0.1, -0.05) is 26.8 Å². The molecular formula is C26H40O4. The number of carbonyl (C=O) groups excluding carboxylic acids is 1. The van der Waals surface area contributed by atoms with E-state index < -0.39 is 5.97 Å². The molecule has 4 aliphatic carbocycles. The van der Waals surface area contributed by atoms with Crippen LogP contribution in [0, 0.1) is 46.3 Å². The molecule has 0 aromatic rings. The van der Waals surface area contributed by atoms with E-state index >= 15 is 0 Å². The van der Waals surface area contributed by atoms with E-state index in [9.17, 15) is 14.7 Å². The first-order chi connectivity index (χ1) is 14.1. The number of hydrogen-bond acceptors (Lipinski definition) is 3. The van der Waals surface area contributed by atoms with Crippen molar-refractivity contribution in [3.8, 4) is 0 Å². The molecule has 168 valence electrons. The molecule has 4 fully saturated rings. The average Bonchev–Trinajstić information content (AvgIpc) is 3.05. The number of carboxylic acids is 1. The standard InChI is InChI=1S/C26H40O4/c1-5-17-21-14-16(27)10-12-26(21,4)20-11-13-25(3)18(15(2)6-9-22(28)29)7-8-19(25)23(20)24(17)30/h5,15-16,18-21,23,27H,6-14H2,1-4H3,(H,28,29)/t15-,16?,18-,19+,20+,21+,23+,25-,26-/m1/s1. The normalized spacial score (nSPS) is 48.0. The molecule has 0 radical (unpaired) electrons. The Kier molecular flexibility index (Phi) is 5.70. The highest BCUT2D eigenvalue weighted by atomic mass is 16.4. The lowest BCUT2D eigenvalue weighted by molar-refractivity contribution is -0.150. The Balaban J connectivity index is 1.64. The summed E-state index contributed by atoms with van der Waals surface area (Å²) in [5, 5.41) is 19.5. The molecular weight excluding hydrogens is 376 g/mol. The van der Waals surface area contributed by atoms with Gasteiger partial charge in [0.1, 0.15) is 0 Å². The molecule has 30 heavy (non-hydrogen) atoms. The smallest absolute Gasteiger partial charge is 0.303 e. The molecule has 4 rings (SSSR count). The number of aliphatic hydroxyl groups is 1. The molecule has 0 aliphatic heterocycles. The van der Waals surface area contributed by atoms with Crippen molar-refractivity contribution in [2.24, 2.45) is 46.3 Å². The zero-order valence-electron chi connectivity index (χ0n) is 19.2. The quantitative estimate of drug-likeness (QED) is 0.614. The van der Waals surface area contributed by atoms with E-state index in [1.165, 1.54) is 0 Å². The maximum atomic E-state index is 13.8. The molecule has 9 atom stereocenters. The third kappa shape index (κ3) is 3.20. The van der Waals surface area contributed by atoms with Crippen LogP contribution in [0.25, 0.3) is 0 Å². The van der Waals surface area contributed by atoms with E-state index in [1.54, 1.807) is 0 Å². The van der Waals surface area contributed by atoms with Gasteiger partial charge in [0.25, 0.3) is 0 Å². The lowest BCUT2D eigenvalue weighted by atomic mass is 9.43. The summed E-state index contributed by atoms with van der Waals surface area (Å²) >= 11 is 0. The summed E-state index contributed by atoms with van der Waals surface area (Å²) in [5.74, 6) is 1.74.